The average Bonchev–Trinajstić information content (AvgIpc) is 3.42. The van der Waals surface area contributed by atoms with Gasteiger partial charge in [0.05, 0.1) is 17.8 Å². The summed E-state index contributed by atoms with van der Waals surface area (Å²) in [6.07, 6.45) is 4.59. The van der Waals surface area contributed by atoms with Gasteiger partial charge in [0.1, 0.15) is 0 Å². The highest BCUT2D eigenvalue weighted by Gasteiger charge is 2.41. The van der Waals surface area contributed by atoms with E-state index in [2.05, 4.69) is 50.7 Å². The average molecular weight is 428 g/mol. The second kappa shape index (κ2) is 8.61. The fourth-order valence-corrected chi connectivity index (χ4v) is 5.16. The van der Waals surface area contributed by atoms with Gasteiger partial charge in [-0.1, -0.05) is 6.07 Å². The first-order valence-electron chi connectivity index (χ1n) is 9.67. The van der Waals surface area contributed by atoms with Crippen molar-refractivity contribution in [2.45, 2.75) is 32.4 Å². The standard InChI is InChI=1S/C21H25N5OS2/c1-14-13-16(15(2)26(14)21-23-9-12-29-21)19-18(17-7-4-5-8-22-17)24-20(28)25(19)10-6-11-27-3/h4-5,7-9,12-13,18-19H,6,10-11H2,1-3H3,(H,24,28)/t18-,19-/m1/s1. The molecule has 3 aromatic rings. The molecule has 0 amide bonds. The van der Waals surface area contributed by atoms with Crippen LogP contribution in [0.3, 0.4) is 0 Å². The van der Waals surface area contributed by atoms with Crippen molar-refractivity contribution in [2.75, 3.05) is 20.3 Å². The second-order valence-electron chi connectivity index (χ2n) is 7.14. The van der Waals surface area contributed by atoms with Gasteiger partial charge in [-0.25, -0.2) is 4.98 Å². The Morgan fingerprint density at radius 3 is 2.79 bits per heavy atom. The van der Waals surface area contributed by atoms with Crippen LogP contribution in [0.4, 0.5) is 0 Å². The molecule has 2 atom stereocenters. The first kappa shape index (κ1) is 20.0. The molecule has 0 unspecified atom stereocenters. The molecule has 6 nitrogen and oxygen atoms in total. The predicted molar refractivity (Wildman–Crippen MR) is 120 cm³/mol. The van der Waals surface area contributed by atoms with Gasteiger partial charge in [-0.05, 0) is 56.2 Å². The zero-order valence-electron chi connectivity index (χ0n) is 16.8. The van der Waals surface area contributed by atoms with Gasteiger partial charge < -0.3 is 15.0 Å². The number of methoxy groups -OCH3 is 1. The van der Waals surface area contributed by atoms with Crippen LogP contribution in [0, 0.1) is 13.8 Å². The summed E-state index contributed by atoms with van der Waals surface area (Å²) < 4.78 is 7.50. The molecule has 1 fully saturated rings. The van der Waals surface area contributed by atoms with E-state index in [9.17, 15) is 0 Å². The van der Waals surface area contributed by atoms with E-state index in [4.69, 9.17) is 17.0 Å². The largest absolute Gasteiger partial charge is 0.385 e. The third-order valence-corrected chi connectivity index (χ3v) is 6.45. The van der Waals surface area contributed by atoms with Gasteiger partial charge >= 0.3 is 0 Å². The van der Waals surface area contributed by atoms with E-state index >= 15 is 0 Å². The molecule has 1 aliphatic rings. The third kappa shape index (κ3) is 3.80. The van der Waals surface area contributed by atoms with Gasteiger partial charge in [-0.3, -0.25) is 9.55 Å². The van der Waals surface area contributed by atoms with Crippen molar-refractivity contribution < 1.29 is 4.74 Å². The highest BCUT2D eigenvalue weighted by molar-refractivity contribution is 7.80. The van der Waals surface area contributed by atoms with Crippen LogP contribution < -0.4 is 5.32 Å². The molecule has 0 radical (unpaired) electrons. The van der Waals surface area contributed by atoms with Gasteiger partial charge in [0, 0.05) is 49.4 Å². The molecule has 29 heavy (non-hydrogen) atoms. The number of hydrogen-bond acceptors (Lipinski definition) is 5. The fraction of sp³-hybridized carbons (Fsp3) is 0.381. The Morgan fingerprint density at radius 1 is 1.24 bits per heavy atom. The Morgan fingerprint density at radius 2 is 2.10 bits per heavy atom. The maximum absolute atomic E-state index is 5.74. The lowest BCUT2D eigenvalue weighted by Gasteiger charge is -2.28. The number of ether oxygens (including phenoxy) is 1. The Kier molecular flexibility index (Phi) is 5.94. The molecule has 1 N–H and O–H groups in total. The molecule has 0 spiro atoms. The Labute approximate surface area is 180 Å². The van der Waals surface area contributed by atoms with Gasteiger partial charge in [0.2, 0.25) is 0 Å². The number of hydrogen-bond donors (Lipinski definition) is 1. The smallest absolute Gasteiger partial charge is 0.193 e. The first-order chi connectivity index (χ1) is 14.1. The van der Waals surface area contributed by atoms with Crippen molar-refractivity contribution in [1.82, 2.24) is 24.8 Å². The number of nitrogens with one attached hydrogen (secondary N) is 1. The maximum atomic E-state index is 5.74. The number of aryl methyl sites for hydroxylation is 1. The number of thiocarbonyl (C=S) groups is 1. The molecular weight excluding hydrogens is 402 g/mol. The van der Waals surface area contributed by atoms with Gasteiger partial charge in [0.15, 0.2) is 10.2 Å². The van der Waals surface area contributed by atoms with Crippen LogP contribution in [0.1, 0.15) is 41.1 Å². The summed E-state index contributed by atoms with van der Waals surface area (Å²) in [5, 5.41) is 7.28. The number of rotatable bonds is 7. The summed E-state index contributed by atoms with van der Waals surface area (Å²) in [4.78, 5) is 11.4. The molecule has 0 saturated carbocycles. The van der Waals surface area contributed by atoms with Crippen molar-refractivity contribution in [1.29, 1.82) is 0 Å². The van der Waals surface area contributed by atoms with Crippen molar-refractivity contribution >= 4 is 28.7 Å². The number of thiazole rings is 1. The minimum atomic E-state index is -0.00325. The maximum Gasteiger partial charge on any atom is 0.193 e. The lowest BCUT2D eigenvalue weighted by Crippen LogP contribution is -2.31. The number of aromatic nitrogens is 3. The lowest BCUT2D eigenvalue weighted by atomic mass is 9.96. The molecule has 0 bridgehead atoms. The SMILES string of the molecule is COCCCN1C(=S)N[C@H](c2ccccn2)[C@H]1c1cc(C)n(-c2nccs2)c1C. The van der Waals surface area contributed by atoms with Crippen molar-refractivity contribution in [3.05, 3.63) is 64.7 Å². The predicted octanol–water partition coefficient (Wildman–Crippen LogP) is 3.95. The Balaban J connectivity index is 1.77. The van der Waals surface area contributed by atoms with Crippen LogP contribution in [0.5, 0.6) is 0 Å². The van der Waals surface area contributed by atoms with E-state index in [0.717, 1.165) is 28.9 Å². The van der Waals surface area contributed by atoms with E-state index in [0.29, 0.717) is 6.61 Å². The molecule has 1 aliphatic heterocycles. The summed E-state index contributed by atoms with van der Waals surface area (Å²) >= 11 is 7.38. The molecule has 3 aromatic heterocycles. The molecule has 8 heteroatoms. The third-order valence-electron chi connectivity index (χ3n) is 5.34. The monoisotopic (exact) mass is 427 g/mol. The Hall–Kier alpha value is -2.29. The van der Waals surface area contributed by atoms with Crippen molar-refractivity contribution in [2.24, 2.45) is 0 Å². The van der Waals surface area contributed by atoms with E-state index < -0.39 is 0 Å². The zero-order chi connectivity index (χ0) is 20.4. The summed E-state index contributed by atoms with van der Waals surface area (Å²) in [5.41, 5.74) is 4.60. The van der Waals surface area contributed by atoms with E-state index in [1.807, 2.05) is 29.9 Å². The minimum Gasteiger partial charge on any atom is -0.385 e. The van der Waals surface area contributed by atoms with Crippen molar-refractivity contribution in [3.8, 4) is 5.13 Å². The van der Waals surface area contributed by atoms with Crippen molar-refractivity contribution in [3.63, 3.8) is 0 Å². The van der Waals surface area contributed by atoms with Gasteiger partial charge in [-0.15, -0.1) is 11.3 Å². The fourth-order valence-electron chi connectivity index (χ4n) is 4.07. The molecule has 0 aromatic carbocycles. The molecular formula is C21H25N5OS2. The van der Waals surface area contributed by atoms with Crippen LogP contribution in [0.25, 0.3) is 5.13 Å². The topological polar surface area (TPSA) is 55.2 Å². The van der Waals surface area contributed by atoms with Crippen LogP contribution in [-0.4, -0.2) is 44.8 Å². The van der Waals surface area contributed by atoms with E-state index in [-0.39, 0.29) is 12.1 Å². The molecule has 4 heterocycles. The van der Waals surface area contributed by atoms with Crippen LogP contribution in [0.2, 0.25) is 0 Å². The molecule has 4 rings (SSSR count). The Bertz CT molecular complexity index is 971. The molecule has 152 valence electrons. The molecule has 1 saturated heterocycles. The van der Waals surface area contributed by atoms with Gasteiger partial charge in [-0.2, -0.15) is 0 Å². The first-order valence-corrected chi connectivity index (χ1v) is 11.0. The number of nitrogens with zero attached hydrogens (tertiary/aromatic N) is 4. The highest BCUT2D eigenvalue weighted by Crippen LogP contribution is 2.41. The van der Waals surface area contributed by atoms with E-state index in [1.165, 1.54) is 17.0 Å². The van der Waals surface area contributed by atoms with Crippen LogP contribution in [-0.2, 0) is 4.74 Å². The number of pyridine rings is 1. The van der Waals surface area contributed by atoms with Gasteiger partial charge in [0.25, 0.3) is 0 Å². The zero-order valence-corrected chi connectivity index (χ0v) is 18.5. The summed E-state index contributed by atoms with van der Waals surface area (Å²) in [7, 11) is 1.73. The summed E-state index contributed by atoms with van der Waals surface area (Å²) in [6.45, 7) is 5.82. The highest BCUT2D eigenvalue weighted by atomic mass is 32.1. The normalized spacial score (nSPS) is 19.0. The minimum absolute atomic E-state index is 0.00325. The molecule has 0 aliphatic carbocycles. The van der Waals surface area contributed by atoms with Crippen LogP contribution in [0.15, 0.2) is 42.0 Å². The lowest BCUT2D eigenvalue weighted by molar-refractivity contribution is 0.180. The van der Waals surface area contributed by atoms with E-state index in [1.54, 1.807) is 18.4 Å². The second-order valence-corrected chi connectivity index (χ2v) is 8.40. The summed E-state index contributed by atoms with van der Waals surface area (Å²) in [6, 6.07) is 8.35. The quantitative estimate of drug-likeness (QED) is 0.455. The summed E-state index contributed by atoms with van der Waals surface area (Å²) in [5.74, 6) is 0. The van der Waals surface area contributed by atoms with Crippen LogP contribution >= 0.6 is 23.6 Å².